The maximum Gasteiger partial charge on any atom is 0.452 e. The highest BCUT2D eigenvalue weighted by Gasteiger charge is 2.45. The van der Waals surface area contributed by atoms with Gasteiger partial charge in [-0.15, -0.1) is 11.6 Å². The van der Waals surface area contributed by atoms with Crippen LogP contribution in [-0.4, -0.2) is 23.2 Å². The van der Waals surface area contributed by atoms with Gasteiger partial charge >= 0.3 is 6.18 Å². The molecule has 92 valence electrons. The van der Waals surface area contributed by atoms with E-state index in [0.29, 0.717) is 0 Å². The first-order valence-corrected chi connectivity index (χ1v) is 4.87. The van der Waals surface area contributed by atoms with Crippen molar-refractivity contribution in [1.82, 2.24) is 0 Å². The van der Waals surface area contributed by atoms with Crippen LogP contribution < -0.4 is 5.32 Å². The van der Waals surface area contributed by atoms with E-state index in [-0.39, 0.29) is 5.69 Å². The zero-order valence-corrected chi connectivity index (χ0v) is 9.05. The van der Waals surface area contributed by atoms with E-state index in [1.165, 1.54) is 12.1 Å². The maximum atomic E-state index is 12.0. The highest BCUT2D eigenvalue weighted by Crippen LogP contribution is 2.21. The average molecular weight is 266 g/mol. The lowest BCUT2D eigenvalue weighted by Gasteiger charge is -2.11. The summed E-state index contributed by atoms with van der Waals surface area (Å²) in [4.78, 5) is 21.9. The molecule has 0 spiro atoms. The van der Waals surface area contributed by atoms with Gasteiger partial charge < -0.3 is 5.32 Å². The molecular weight excluding hydrogens is 259 g/mol. The van der Waals surface area contributed by atoms with Crippen LogP contribution in [0.4, 0.5) is 18.9 Å². The molecule has 7 heteroatoms. The minimum atomic E-state index is -5.12. The average Bonchev–Trinajstić information content (AvgIpc) is 2.27. The van der Waals surface area contributed by atoms with E-state index >= 15 is 0 Å². The zero-order valence-electron chi connectivity index (χ0n) is 8.29. The lowest BCUT2D eigenvalue weighted by molar-refractivity contribution is -0.171. The lowest BCUT2D eigenvalue weighted by atomic mass is 10.2. The number of hydrogen-bond acceptors (Lipinski definition) is 2. The summed E-state index contributed by atoms with van der Waals surface area (Å²) < 4.78 is 36.0. The van der Waals surface area contributed by atoms with Crippen molar-refractivity contribution >= 4 is 29.0 Å². The Bertz CT molecular complexity index is 419. The lowest BCUT2D eigenvalue weighted by Crippen LogP contribution is -2.39. The summed E-state index contributed by atoms with van der Waals surface area (Å²) in [5, 5.41) is -0.179. The van der Waals surface area contributed by atoms with Gasteiger partial charge in [0, 0.05) is 5.69 Å². The van der Waals surface area contributed by atoms with Crippen molar-refractivity contribution in [1.29, 1.82) is 0 Å². The molecule has 1 N–H and O–H groups in total. The minimum absolute atomic E-state index is 0.262. The summed E-state index contributed by atoms with van der Waals surface area (Å²) in [5.74, 6) is -3.49. The number of rotatable bonds is 3. The number of ketones is 1. The van der Waals surface area contributed by atoms with Gasteiger partial charge in [0.15, 0.2) is 5.38 Å². The smallest absolute Gasteiger partial charge is 0.324 e. The van der Waals surface area contributed by atoms with Crippen LogP contribution in [0, 0.1) is 0 Å². The third-order valence-corrected chi connectivity index (χ3v) is 2.18. The molecule has 1 amide bonds. The first-order valence-electron chi connectivity index (χ1n) is 4.43. The quantitative estimate of drug-likeness (QED) is 0.674. The Morgan fingerprint density at radius 3 is 2.18 bits per heavy atom. The molecule has 0 aliphatic rings. The largest absolute Gasteiger partial charge is 0.452 e. The maximum absolute atomic E-state index is 12.0. The molecular formula is C10H7ClF3NO2. The molecule has 1 atom stereocenters. The highest BCUT2D eigenvalue weighted by molar-refractivity contribution is 6.43. The fraction of sp³-hybridized carbons (Fsp3) is 0.200. The molecule has 0 aromatic heterocycles. The number of carbonyl (C=O) groups is 2. The number of anilines is 1. The Hall–Kier alpha value is -1.56. The number of hydrogen-bond donors (Lipinski definition) is 1. The second kappa shape index (κ2) is 5.18. The number of alkyl halides is 4. The zero-order chi connectivity index (χ0) is 13.1. The Balaban J connectivity index is 2.69. The summed E-state index contributed by atoms with van der Waals surface area (Å²) in [6, 6.07) is 7.72. The van der Waals surface area contributed by atoms with Gasteiger partial charge in [0.25, 0.3) is 5.78 Å². The number of Topliss-reactive ketones (excluding diaryl/α,β-unsaturated/α-hetero) is 1. The SMILES string of the molecule is O=C(Nc1ccccc1)C(Cl)C(=O)C(F)(F)F. The van der Waals surface area contributed by atoms with Gasteiger partial charge in [0.2, 0.25) is 5.91 Å². The third-order valence-electron chi connectivity index (χ3n) is 1.78. The topological polar surface area (TPSA) is 46.2 Å². The number of nitrogens with one attached hydrogen (secondary N) is 1. The van der Waals surface area contributed by atoms with Crippen molar-refractivity contribution in [3.8, 4) is 0 Å². The molecule has 0 bridgehead atoms. The van der Waals surface area contributed by atoms with Crippen molar-refractivity contribution < 1.29 is 22.8 Å². The van der Waals surface area contributed by atoms with Crippen molar-refractivity contribution in [2.24, 2.45) is 0 Å². The van der Waals surface area contributed by atoms with E-state index in [1.54, 1.807) is 18.2 Å². The predicted octanol–water partition coefficient (Wildman–Crippen LogP) is 2.36. The normalized spacial score (nSPS) is 12.9. The van der Waals surface area contributed by atoms with Crippen LogP contribution in [0.2, 0.25) is 0 Å². The van der Waals surface area contributed by atoms with Crippen LogP contribution in [0.15, 0.2) is 30.3 Å². The van der Waals surface area contributed by atoms with Gasteiger partial charge in [0.1, 0.15) is 0 Å². The molecule has 0 saturated heterocycles. The monoisotopic (exact) mass is 265 g/mol. The molecule has 1 aromatic carbocycles. The Morgan fingerprint density at radius 1 is 1.18 bits per heavy atom. The first-order chi connectivity index (χ1) is 7.82. The molecule has 0 fully saturated rings. The number of para-hydroxylation sites is 1. The molecule has 0 aliphatic heterocycles. The van der Waals surface area contributed by atoms with E-state index in [4.69, 9.17) is 11.6 Å². The summed E-state index contributed by atoms with van der Waals surface area (Å²) in [6.45, 7) is 0. The van der Waals surface area contributed by atoms with Gasteiger partial charge in [-0.05, 0) is 12.1 Å². The number of benzene rings is 1. The summed E-state index contributed by atoms with van der Waals surface area (Å²) in [5.41, 5.74) is 0.262. The molecule has 1 rings (SSSR count). The van der Waals surface area contributed by atoms with Crippen molar-refractivity contribution in [3.63, 3.8) is 0 Å². The van der Waals surface area contributed by atoms with Crippen molar-refractivity contribution in [2.75, 3.05) is 5.32 Å². The molecule has 0 aliphatic carbocycles. The second-order valence-electron chi connectivity index (χ2n) is 3.08. The van der Waals surface area contributed by atoms with E-state index < -0.39 is 23.2 Å². The number of carbonyl (C=O) groups excluding carboxylic acids is 2. The van der Waals surface area contributed by atoms with Crippen LogP contribution >= 0.6 is 11.6 Å². The summed E-state index contributed by atoms with van der Waals surface area (Å²) >= 11 is 5.13. The Morgan fingerprint density at radius 2 is 1.71 bits per heavy atom. The molecule has 17 heavy (non-hydrogen) atoms. The van der Waals surface area contributed by atoms with Crippen LogP contribution in [0.5, 0.6) is 0 Å². The standard InChI is InChI=1S/C10H7ClF3NO2/c11-7(8(16)10(12,13)14)9(17)15-6-4-2-1-3-5-6/h1-5,7H,(H,15,17). The van der Waals surface area contributed by atoms with E-state index in [1.807, 2.05) is 0 Å². The van der Waals surface area contributed by atoms with Gasteiger partial charge in [0.05, 0.1) is 0 Å². The van der Waals surface area contributed by atoms with E-state index in [2.05, 4.69) is 5.32 Å². The fourth-order valence-corrected chi connectivity index (χ4v) is 1.17. The van der Waals surface area contributed by atoms with Crippen LogP contribution in [0.1, 0.15) is 0 Å². The van der Waals surface area contributed by atoms with Crippen LogP contribution in [0.25, 0.3) is 0 Å². The van der Waals surface area contributed by atoms with Gasteiger partial charge in [-0.25, -0.2) is 0 Å². The predicted molar refractivity (Wildman–Crippen MR) is 55.8 cm³/mol. The van der Waals surface area contributed by atoms with Crippen LogP contribution in [0.3, 0.4) is 0 Å². The molecule has 1 aromatic rings. The van der Waals surface area contributed by atoms with E-state index in [0.717, 1.165) is 0 Å². The van der Waals surface area contributed by atoms with Gasteiger partial charge in [-0.2, -0.15) is 13.2 Å². The molecule has 1 unspecified atom stereocenters. The third kappa shape index (κ3) is 3.74. The summed E-state index contributed by atoms with van der Waals surface area (Å²) in [7, 11) is 0. The fourth-order valence-electron chi connectivity index (χ4n) is 0.990. The van der Waals surface area contributed by atoms with Crippen molar-refractivity contribution in [2.45, 2.75) is 11.6 Å². The minimum Gasteiger partial charge on any atom is -0.324 e. The first kappa shape index (κ1) is 13.5. The summed E-state index contributed by atoms with van der Waals surface area (Å²) in [6.07, 6.45) is -5.12. The number of halogens is 4. The second-order valence-corrected chi connectivity index (χ2v) is 3.52. The molecule has 3 nitrogen and oxygen atoms in total. The van der Waals surface area contributed by atoms with E-state index in [9.17, 15) is 22.8 Å². The Labute approximate surface area is 99.6 Å². The highest BCUT2D eigenvalue weighted by atomic mass is 35.5. The van der Waals surface area contributed by atoms with Crippen molar-refractivity contribution in [3.05, 3.63) is 30.3 Å². The van der Waals surface area contributed by atoms with Gasteiger partial charge in [-0.1, -0.05) is 18.2 Å². The number of amides is 1. The van der Waals surface area contributed by atoms with Gasteiger partial charge in [-0.3, -0.25) is 9.59 Å². The molecule has 0 saturated carbocycles. The Kier molecular flexibility index (Phi) is 4.11. The molecule has 0 radical (unpaired) electrons. The van der Waals surface area contributed by atoms with Crippen LogP contribution in [-0.2, 0) is 9.59 Å². The molecule has 0 heterocycles.